The van der Waals surface area contributed by atoms with Crippen molar-refractivity contribution in [3.63, 3.8) is 0 Å². The molecule has 0 atom stereocenters. The summed E-state index contributed by atoms with van der Waals surface area (Å²) >= 11 is 0. The average molecular weight is 262 g/mol. The molecule has 0 saturated heterocycles. The molecule has 5 heteroatoms. The van der Waals surface area contributed by atoms with E-state index in [-0.39, 0.29) is 6.03 Å². The highest BCUT2D eigenvalue weighted by Gasteiger charge is 2.05. The first kappa shape index (κ1) is 13.6. The van der Waals surface area contributed by atoms with Gasteiger partial charge in [-0.1, -0.05) is 11.6 Å². The predicted octanol–water partition coefficient (Wildman–Crippen LogP) is 2.11. The average Bonchev–Trinajstić information content (AvgIpc) is 2.83. The minimum Gasteiger partial charge on any atom is -0.338 e. The fourth-order valence-electron chi connectivity index (χ4n) is 2.28. The Morgan fingerprint density at radius 2 is 2.32 bits per heavy atom. The first-order valence-electron chi connectivity index (χ1n) is 6.92. The maximum absolute atomic E-state index is 11.6. The highest BCUT2D eigenvalue weighted by Crippen LogP contribution is 2.19. The molecular weight excluding hydrogens is 240 g/mol. The van der Waals surface area contributed by atoms with E-state index in [1.165, 1.54) is 31.3 Å². The smallest absolute Gasteiger partial charge is 0.315 e. The van der Waals surface area contributed by atoms with Crippen LogP contribution in [0, 0.1) is 0 Å². The second-order valence-electron chi connectivity index (χ2n) is 4.91. The Bertz CT molecular complexity index is 450. The van der Waals surface area contributed by atoms with Gasteiger partial charge in [-0.25, -0.2) is 4.79 Å². The molecule has 0 unspecified atom stereocenters. The van der Waals surface area contributed by atoms with Gasteiger partial charge in [-0.05, 0) is 38.2 Å². The van der Waals surface area contributed by atoms with Gasteiger partial charge in [0.2, 0.25) is 0 Å². The lowest BCUT2D eigenvalue weighted by atomic mass is 9.97. The Labute approximate surface area is 114 Å². The fraction of sp³-hybridized carbons (Fsp3) is 0.571. The lowest BCUT2D eigenvalue weighted by molar-refractivity contribution is 0.240. The molecule has 0 spiro atoms. The summed E-state index contributed by atoms with van der Waals surface area (Å²) in [7, 11) is 1.87. The Kier molecular flexibility index (Phi) is 5.01. The Morgan fingerprint density at radius 3 is 3.00 bits per heavy atom. The molecule has 1 aromatic heterocycles. The molecule has 19 heavy (non-hydrogen) atoms. The fourth-order valence-corrected chi connectivity index (χ4v) is 2.28. The van der Waals surface area contributed by atoms with Crippen molar-refractivity contribution in [2.75, 3.05) is 6.54 Å². The second-order valence-corrected chi connectivity index (χ2v) is 4.91. The highest BCUT2D eigenvalue weighted by atomic mass is 16.2. The van der Waals surface area contributed by atoms with E-state index in [0.717, 1.165) is 12.1 Å². The number of aromatic nitrogens is 2. The molecule has 0 radical (unpaired) electrons. The molecule has 1 aliphatic rings. The molecule has 0 aromatic carbocycles. The van der Waals surface area contributed by atoms with E-state index in [9.17, 15) is 4.79 Å². The number of rotatable bonds is 5. The van der Waals surface area contributed by atoms with Crippen LogP contribution in [-0.4, -0.2) is 22.4 Å². The van der Waals surface area contributed by atoms with Crippen molar-refractivity contribution in [1.29, 1.82) is 0 Å². The summed E-state index contributed by atoms with van der Waals surface area (Å²) in [6, 6.07) is 1.78. The number of aryl methyl sites for hydroxylation is 1. The van der Waals surface area contributed by atoms with Gasteiger partial charge in [-0.15, -0.1) is 0 Å². The van der Waals surface area contributed by atoms with Crippen molar-refractivity contribution >= 4 is 6.03 Å². The summed E-state index contributed by atoms with van der Waals surface area (Å²) in [5.74, 6) is 0. The van der Waals surface area contributed by atoms with Crippen LogP contribution in [0.5, 0.6) is 0 Å². The monoisotopic (exact) mass is 262 g/mol. The van der Waals surface area contributed by atoms with Gasteiger partial charge >= 0.3 is 6.03 Å². The van der Waals surface area contributed by atoms with Crippen molar-refractivity contribution in [3.8, 4) is 0 Å². The first-order chi connectivity index (χ1) is 9.25. The minimum absolute atomic E-state index is 0.113. The lowest BCUT2D eigenvalue weighted by Crippen LogP contribution is -2.36. The zero-order valence-electron chi connectivity index (χ0n) is 11.5. The molecule has 0 bridgehead atoms. The summed E-state index contributed by atoms with van der Waals surface area (Å²) in [5, 5.41) is 9.78. The van der Waals surface area contributed by atoms with Crippen molar-refractivity contribution in [2.45, 2.75) is 38.6 Å². The van der Waals surface area contributed by atoms with Crippen LogP contribution in [-0.2, 0) is 13.6 Å². The summed E-state index contributed by atoms with van der Waals surface area (Å²) in [5.41, 5.74) is 2.48. The van der Waals surface area contributed by atoms with Gasteiger partial charge in [-0.3, -0.25) is 4.68 Å². The maximum atomic E-state index is 11.6. The number of carbonyl (C=O) groups is 1. The van der Waals surface area contributed by atoms with Crippen molar-refractivity contribution in [3.05, 3.63) is 29.6 Å². The van der Waals surface area contributed by atoms with Crippen LogP contribution >= 0.6 is 0 Å². The van der Waals surface area contributed by atoms with Crippen LogP contribution in [0.2, 0.25) is 0 Å². The summed E-state index contributed by atoms with van der Waals surface area (Å²) < 4.78 is 1.76. The van der Waals surface area contributed by atoms with Crippen LogP contribution in [0.1, 0.15) is 37.8 Å². The number of urea groups is 1. The summed E-state index contributed by atoms with van der Waals surface area (Å²) in [6.07, 6.45) is 10.0. The van der Waals surface area contributed by atoms with Crippen molar-refractivity contribution < 1.29 is 4.79 Å². The van der Waals surface area contributed by atoms with E-state index in [4.69, 9.17) is 0 Å². The SMILES string of the molecule is Cn1nccc1CNC(=O)NCCC1=CCCCC1. The molecule has 1 aromatic rings. The predicted molar refractivity (Wildman–Crippen MR) is 74.6 cm³/mol. The van der Waals surface area contributed by atoms with Crippen molar-refractivity contribution in [2.24, 2.45) is 7.05 Å². The molecular formula is C14H22N4O. The van der Waals surface area contributed by atoms with Crippen LogP contribution in [0.4, 0.5) is 4.79 Å². The summed E-state index contributed by atoms with van der Waals surface area (Å²) in [6.45, 7) is 1.22. The molecule has 1 heterocycles. The Balaban J connectivity index is 1.62. The van der Waals surface area contributed by atoms with Gasteiger partial charge in [0.15, 0.2) is 0 Å². The second kappa shape index (κ2) is 6.97. The molecule has 0 fully saturated rings. The molecule has 5 nitrogen and oxygen atoms in total. The van der Waals surface area contributed by atoms with Gasteiger partial charge in [-0.2, -0.15) is 5.10 Å². The normalized spacial score (nSPS) is 14.9. The number of nitrogens with zero attached hydrogens (tertiary/aromatic N) is 2. The van der Waals surface area contributed by atoms with Gasteiger partial charge in [0, 0.05) is 19.8 Å². The number of amides is 2. The molecule has 2 rings (SSSR count). The van der Waals surface area contributed by atoms with E-state index < -0.39 is 0 Å². The van der Waals surface area contributed by atoms with E-state index in [2.05, 4.69) is 21.8 Å². The van der Waals surface area contributed by atoms with E-state index >= 15 is 0 Å². The number of hydrogen-bond donors (Lipinski definition) is 2. The van der Waals surface area contributed by atoms with E-state index in [1.807, 2.05) is 13.1 Å². The van der Waals surface area contributed by atoms with Gasteiger partial charge in [0.1, 0.15) is 0 Å². The minimum atomic E-state index is -0.113. The van der Waals surface area contributed by atoms with Crippen LogP contribution in [0.3, 0.4) is 0 Å². The lowest BCUT2D eigenvalue weighted by Gasteiger charge is -2.13. The standard InChI is InChI=1S/C14H22N4O/c1-18-13(8-10-17-18)11-16-14(19)15-9-7-12-5-3-2-4-6-12/h5,8,10H,2-4,6-7,9,11H2,1H3,(H2,15,16,19). The zero-order chi connectivity index (χ0) is 13.5. The number of allylic oxidation sites excluding steroid dienone is 1. The number of carbonyl (C=O) groups excluding carboxylic acids is 1. The molecule has 0 saturated carbocycles. The van der Waals surface area contributed by atoms with Gasteiger partial charge < -0.3 is 10.6 Å². The van der Waals surface area contributed by atoms with Gasteiger partial charge in [0.05, 0.1) is 12.2 Å². The van der Waals surface area contributed by atoms with Crippen LogP contribution in [0.25, 0.3) is 0 Å². The van der Waals surface area contributed by atoms with E-state index in [1.54, 1.807) is 10.9 Å². The molecule has 1 aliphatic carbocycles. The van der Waals surface area contributed by atoms with Gasteiger partial charge in [0.25, 0.3) is 0 Å². The quantitative estimate of drug-likeness (QED) is 0.798. The number of hydrogen-bond acceptors (Lipinski definition) is 2. The molecule has 2 N–H and O–H groups in total. The maximum Gasteiger partial charge on any atom is 0.315 e. The van der Waals surface area contributed by atoms with Crippen molar-refractivity contribution in [1.82, 2.24) is 20.4 Å². The zero-order valence-corrected chi connectivity index (χ0v) is 11.5. The third-order valence-corrected chi connectivity index (χ3v) is 3.47. The topological polar surface area (TPSA) is 59.0 Å². The van der Waals surface area contributed by atoms with Crippen LogP contribution < -0.4 is 10.6 Å². The van der Waals surface area contributed by atoms with Crippen LogP contribution in [0.15, 0.2) is 23.9 Å². The third kappa shape index (κ3) is 4.43. The Hall–Kier alpha value is -1.78. The Morgan fingerprint density at radius 1 is 1.42 bits per heavy atom. The first-order valence-corrected chi connectivity index (χ1v) is 6.92. The van der Waals surface area contributed by atoms with E-state index in [0.29, 0.717) is 13.1 Å². The third-order valence-electron chi connectivity index (χ3n) is 3.47. The summed E-state index contributed by atoms with van der Waals surface area (Å²) in [4.78, 5) is 11.6. The molecule has 0 aliphatic heterocycles. The number of nitrogens with one attached hydrogen (secondary N) is 2. The molecule has 2 amide bonds. The highest BCUT2D eigenvalue weighted by molar-refractivity contribution is 5.73. The molecule has 104 valence electrons. The largest absolute Gasteiger partial charge is 0.338 e.